The molecule has 0 aromatic heterocycles. The second kappa shape index (κ2) is 6.61. The molecule has 0 heterocycles. The lowest BCUT2D eigenvalue weighted by atomic mass is 10.3. The molecule has 0 saturated carbocycles. The minimum absolute atomic E-state index is 0.657. The van der Waals surface area contributed by atoms with Crippen molar-refractivity contribution in [3.8, 4) is 0 Å². The van der Waals surface area contributed by atoms with Crippen molar-refractivity contribution in [3.63, 3.8) is 0 Å². The van der Waals surface area contributed by atoms with Gasteiger partial charge in [0.25, 0.3) is 7.37 Å². The molecule has 1 N–H and O–H groups in total. The van der Waals surface area contributed by atoms with E-state index in [0.717, 1.165) is 5.69 Å². The van der Waals surface area contributed by atoms with Gasteiger partial charge in [-0.25, -0.2) is 4.62 Å². The smallest absolute Gasteiger partial charge is 0.280 e. The maximum Gasteiger partial charge on any atom is 0.283 e. The van der Waals surface area contributed by atoms with E-state index in [2.05, 4.69) is 5.48 Å². The minimum atomic E-state index is -3.20. The second-order valence-corrected chi connectivity index (χ2v) is 7.10. The van der Waals surface area contributed by atoms with Gasteiger partial charge in [-0.3, -0.25) is 10.0 Å². The summed E-state index contributed by atoms with van der Waals surface area (Å²) in [6.07, 6.45) is 0. The first-order chi connectivity index (χ1) is 10.8. The third-order valence-corrected chi connectivity index (χ3v) is 5.56. The largest absolute Gasteiger partial charge is 0.283 e. The van der Waals surface area contributed by atoms with Crippen LogP contribution in [0.2, 0.25) is 0 Å². The lowest BCUT2D eigenvalue weighted by molar-refractivity contribution is 0.404. The molecule has 110 valence electrons. The summed E-state index contributed by atoms with van der Waals surface area (Å²) >= 11 is 0. The van der Waals surface area contributed by atoms with Gasteiger partial charge in [-0.1, -0.05) is 54.6 Å². The molecular weight excluding hydrogens is 293 g/mol. The molecule has 0 aliphatic rings. The number of hydrogen-bond acceptors (Lipinski definition) is 3. The number of rotatable bonds is 5. The molecule has 0 aliphatic heterocycles. The molecule has 0 atom stereocenters. The number of nitrogens with one attached hydrogen (secondary N) is 1. The van der Waals surface area contributed by atoms with E-state index in [-0.39, 0.29) is 0 Å². The predicted octanol–water partition coefficient (Wildman–Crippen LogP) is 3.96. The fraction of sp³-hybridized carbons (Fsp3) is 0. The molecule has 0 aliphatic carbocycles. The molecule has 0 saturated heterocycles. The summed E-state index contributed by atoms with van der Waals surface area (Å²) in [4.78, 5) is 0. The minimum Gasteiger partial charge on any atom is -0.280 e. The van der Waals surface area contributed by atoms with Crippen molar-refractivity contribution in [3.05, 3.63) is 91.0 Å². The van der Waals surface area contributed by atoms with E-state index < -0.39 is 7.37 Å². The molecule has 0 spiro atoms. The van der Waals surface area contributed by atoms with Crippen LogP contribution in [0.5, 0.6) is 0 Å². The molecule has 0 unspecified atom stereocenters. The predicted molar refractivity (Wildman–Crippen MR) is 90.9 cm³/mol. The summed E-state index contributed by atoms with van der Waals surface area (Å²) in [5.74, 6) is 0. The van der Waals surface area contributed by atoms with Crippen LogP contribution in [-0.2, 0) is 9.19 Å². The van der Waals surface area contributed by atoms with E-state index in [4.69, 9.17) is 4.62 Å². The summed E-state index contributed by atoms with van der Waals surface area (Å²) in [6.45, 7) is 0. The van der Waals surface area contributed by atoms with Crippen LogP contribution >= 0.6 is 7.37 Å². The number of benzene rings is 3. The summed E-state index contributed by atoms with van der Waals surface area (Å²) in [6, 6.07) is 27.9. The van der Waals surface area contributed by atoms with Crippen LogP contribution in [-0.4, -0.2) is 0 Å². The van der Waals surface area contributed by atoms with E-state index >= 15 is 0 Å². The monoisotopic (exact) mass is 309 g/mol. The topological polar surface area (TPSA) is 38.3 Å². The van der Waals surface area contributed by atoms with Gasteiger partial charge in [0, 0.05) is 10.6 Å². The molecule has 3 aromatic carbocycles. The lowest BCUT2D eigenvalue weighted by Crippen LogP contribution is -2.20. The van der Waals surface area contributed by atoms with E-state index in [0.29, 0.717) is 10.6 Å². The SMILES string of the molecule is O=P(ONc1ccccc1)(c1ccccc1)c1ccccc1. The summed E-state index contributed by atoms with van der Waals surface area (Å²) in [5.41, 5.74) is 3.58. The summed E-state index contributed by atoms with van der Waals surface area (Å²) in [5, 5.41) is 1.31. The van der Waals surface area contributed by atoms with Crippen molar-refractivity contribution in [1.29, 1.82) is 0 Å². The first kappa shape index (κ1) is 14.6. The summed E-state index contributed by atoms with van der Waals surface area (Å²) in [7, 11) is -3.20. The highest BCUT2D eigenvalue weighted by molar-refractivity contribution is 7.74. The Morgan fingerprint density at radius 3 is 1.50 bits per heavy atom. The van der Waals surface area contributed by atoms with Crippen LogP contribution < -0.4 is 16.1 Å². The van der Waals surface area contributed by atoms with Gasteiger partial charge in [-0.2, -0.15) is 0 Å². The van der Waals surface area contributed by atoms with Gasteiger partial charge in [-0.05, 0) is 36.4 Å². The fourth-order valence-electron chi connectivity index (χ4n) is 2.13. The average molecular weight is 309 g/mol. The van der Waals surface area contributed by atoms with Gasteiger partial charge in [0.05, 0.1) is 5.69 Å². The Morgan fingerprint density at radius 2 is 1.05 bits per heavy atom. The van der Waals surface area contributed by atoms with Gasteiger partial charge in [0.2, 0.25) is 0 Å². The first-order valence-electron chi connectivity index (χ1n) is 7.00. The zero-order chi connectivity index (χ0) is 15.3. The van der Waals surface area contributed by atoms with E-state index in [1.165, 1.54) is 0 Å². The maximum atomic E-state index is 13.5. The Labute approximate surface area is 130 Å². The van der Waals surface area contributed by atoms with Crippen LogP contribution in [0.25, 0.3) is 0 Å². The third-order valence-electron chi connectivity index (χ3n) is 3.26. The lowest BCUT2D eigenvalue weighted by Gasteiger charge is -2.19. The first-order valence-corrected chi connectivity index (χ1v) is 8.62. The zero-order valence-electron chi connectivity index (χ0n) is 11.9. The molecule has 0 bridgehead atoms. The Bertz CT molecular complexity index is 717. The second-order valence-electron chi connectivity index (χ2n) is 4.78. The number of anilines is 1. The molecule has 4 heteroatoms. The quantitative estimate of drug-likeness (QED) is 0.573. The highest BCUT2D eigenvalue weighted by atomic mass is 31.2. The fourth-order valence-corrected chi connectivity index (χ4v) is 4.00. The molecule has 0 fully saturated rings. The van der Waals surface area contributed by atoms with Gasteiger partial charge >= 0.3 is 0 Å². The van der Waals surface area contributed by atoms with Gasteiger partial charge < -0.3 is 0 Å². The standard InChI is InChI=1S/C18H16NO2P/c20-22(17-12-6-2-7-13-17,18-14-8-3-9-15-18)21-19-16-10-4-1-5-11-16/h1-15,19H. The van der Waals surface area contributed by atoms with E-state index in [9.17, 15) is 4.57 Å². The number of para-hydroxylation sites is 1. The molecule has 0 radical (unpaired) electrons. The molecule has 22 heavy (non-hydrogen) atoms. The average Bonchev–Trinajstić information content (AvgIpc) is 2.62. The molecule has 3 aromatic rings. The highest BCUT2D eigenvalue weighted by Gasteiger charge is 2.29. The van der Waals surface area contributed by atoms with E-state index in [1.807, 2.05) is 91.0 Å². The number of hydrogen-bond donors (Lipinski definition) is 1. The Kier molecular flexibility index (Phi) is 4.38. The third kappa shape index (κ3) is 3.11. The Balaban J connectivity index is 1.95. The van der Waals surface area contributed by atoms with Crippen molar-refractivity contribution >= 4 is 23.7 Å². The van der Waals surface area contributed by atoms with Crippen LogP contribution in [0.15, 0.2) is 91.0 Å². The Hall–Kier alpha value is -2.35. The van der Waals surface area contributed by atoms with Crippen LogP contribution in [0.3, 0.4) is 0 Å². The Morgan fingerprint density at radius 1 is 0.636 bits per heavy atom. The van der Waals surface area contributed by atoms with Crippen molar-refractivity contribution in [2.45, 2.75) is 0 Å². The van der Waals surface area contributed by atoms with Crippen LogP contribution in [0.1, 0.15) is 0 Å². The van der Waals surface area contributed by atoms with Crippen molar-refractivity contribution in [2.24, 2.45) is 0 Å². The van der Waals surface area contributed by atoms with Crippen molar-refractivity contribution < 1.29 is 9.19 Å². The van der Waals surface area contributed by atoms with Crippen LogP contribution in [0.4, 0.5) is 5.69 Å². The van der Waals surface area contributed by atoms with Gasteiger partial charge in [-0.15, -0.1) is 0 Å². The van der Waals surface area contributed by atoms with Crippen molar-refractivity contribution in [2.75, 3.05) is 5.48 Å². The zero-order valence-corrected chi connectivity index (χ0v) is 12.8. The highest BCUT2D eigenvalue weighted by Crippen LogP contribution is 2.44. The maximum absolute atomic E-state index is 13.5. The molecule has 3 rings (SSSR count). The molecule has 0 amide bonds. The molecule has 3 nitrogen and oxygen atoms in total. The van der Waals surface area contributed by atoms with Gasteiger partial charge in [0.15, 0.2) is 0 Å². The van der Waals surface area contributed by atoms with Crippen molar-refractivity contribution in [1.82, 2.24) is 0 Å². The van der Waals surface area contributed by atoms with Crippen LogP contribution in [0, 0.1) is 0 Å². The molecular formula is C18H16NO2P. The normalized spacial score (nSPS) is 11.1. The van der Waals surface area contributed by atoms with E-state index in [1.54, 1.807) is 0 Å². The summed E-state index contributed by atoms with van der Waals surface area (Å²) < 4.78 is 19.2. The van der Waals surface area contributed by atoms with Gasteiger partial charge in [0.1, 0.15) is 0 Å².